The molecular weight excluding hydrogens is 428 g/mol. The fourth-order valence-corrected chi connectivity index (χ4v) is 5.69. The predicted molar refractivity (Wildman–Crippen MR) is 126 cm³/mol. The highest BCUT2D eigenvalue weighted by atomic mass is 32.2. The number of amides is 1. The lowest BCUT2D eigenvalue weighted by molar-refractivity contribution is -0.116. The van der Waals surface area contributed by atoms with E-state index in [1.807, 2.05) is 66.9 Å². The van der Waals surface area contributed by atoms with Crippen molar-refractivity contribution in [2.45, 2.75) is 22.1 Å². The number of fused-ring (bicyclic) bond motifs is 1. The fraction of sp³-hybridized carbons (Fsp3) is 0.125. The zero-order valence-electron chi connectivity index (χ0n) is 17.0. The first kappa shape index (κ1) is 21.2. The lowest BCUT2D eigenvalue weighted by Gasteiger charge is -2.10. The first-order valence-corrected chi connectivity index (χ1v) is 12.6. The molecule has 4 aromatic rings. The van der Waals surface area contributed by atoms with Gasteiger partial charge in [-0.05, 0) is 30.0 Å². The SMILES string of the molecule is CSc1ccccc1NC(=O)Cn1cc(S(=O)(=O)Cc2ccccc2)c2ccccc21. The maximum atomic E-state index is 13.2. The molecule has 0 aliphatic carbocycles. The molecule has 0 radical (unpaired) electrons. The number of nitrogens with zero attached hydrogens (tertiary/aromatic N) is 1. The van der Waals surface area contributed by atoms with Crippen LogP contribution in [-0.2, 0) is 26.9 Å². The van der Waals surface area contributed by atoms with Gasteiger partial charge in [0.05, 0.1) is 16.3 Å². The summed E-state index contributed by atoms with van der Waals surface area (Å²) in [6.45, 7) is 0.0179. The van der Waals surface area contributed by atoms with Gasteiger partial charge in [-0.15, -0.1) is 11.8 Å². The van der Waals surface area contributed by atoms with Gasteiger partial charge in [0, 0.05) is 22.0 Å². The number of carbonyl (C=O) groups is 1. The fourth-order valence-electron chi connectivity index (χ4n) is 3.56. The Morgan fingerprint density at radius 3 is 2.39 bits per heavy atom. The number of para-hydroxylation sites is 2. The number of sulfone groups is 1. The van der Waals surface area contributed by atoms with Crippen LogP contribution < -0.4 is 5.32 Å². The molecule has 0 saturated heterocycles. The molecule has 1 heterocycles. The summed E-state index contributed by atoms with van der Waals surface area (Å²) < 4.78 is 28.0. The third kappa shape index (κ3) is 4.68. The van der Waals surface area contributed by atoms with Crippen molar-refractivity contribution in [1.29, 1.82) is 0 Å². The van der Waals surface area contributed by atoms with Crippen molar-refractivity contribution in [3.8, 4) is 0 Å². The van der Waals surface area contributed by atoms with Gasteiger partial charge in [-0.25, -0.2) is 8.42 Å². The Morgan fingerprint density at radius 2 is 1.61 bits per heavy atom. The monoisotopic (exact) mass is 450 g/mol. The van der Waals surface area contributed by atoms with E-state index in [-0.39, 0.29) is 23.1 Å². The molecule has 0 aliphatic heterocycles. The van der Waals surface area contributed by atoms with Gasteiger partial charge in [-0.3, -0.25) is 4.79 Å². The first-order valence-electron chi connectivity index (χ1n) is 9.75. The van der Waals surface area contributed by atoms with Crippen LogP contribution in [0.4, 0.5) is 5.69 Å². The number of carbonyl (C=O) groups excluding carboxylic acids is 1. The summed E-state index contributed by atoms with van der Waals surface area (Å²) in [6, 6.07) is 24.0. The van der Waals surface area contributed by atoms with Crippen LogP contribution in [-0.4, -0.2) is 25.1 Å². The quantitative estimate of drug-likeness (QED) is 0.404. The zero-order valence-corrected chi connectivity index (χ0v) is 18.6. The van der Waals surface area contributed by atoms with Crippen molar-refractivity contribution >= 4 is 44.1 Å². The number of benzene rings is 3. The van der Waals surface area contributed by atoms with Crippen LogP contribution in [0.5, 0.6) is 0 Å². The summed E-state index contributed by atoms with van der Waals surface area (Å²) in [5.74, 6) is -0.302. The molecule has 0 spiro atoms. The third-order valence-corrected chi connectivity index (χ3v) is 7.49. The molecule has 0 fully saturated rings. The maximum Gasteiger partial charge on any atom is 0.244 e. The normalized spacial score (nSPS) is 11.5. The lowest BCUT2D eigenvalue weighted by Crippen LogP contribution is -2.18. The van der Waals surface area contributed by atoms with Gasteiger partial charge in [0.15, 0.2) is 9.84 Å². The Hall–Kier alpha value is -3.03. The number of anilines is 1. The number of nitrogens with one attached hydrogen (secondary N) is 1. The third-order valence-electron chi connectivity index (χ3n) is 4.98. The molecule has 0 aliphatic rings. The van der Waals surface area contributed by atoms with Gasteiger partial charge >= 0.3 is 0 Å². The summed E-state index contributed by atoms with van der Waals surface area (Å²) >= 11 is 1.55. The molecule has 5 nitrogen and oxygen atoms in total. The van der Waals surface area contributed by atoms with E-state index in [0.29, 0.717) is 10.9 Å². The van der Waals surface area contributed by atoms with Gasteiger partial charge in [-0.1, -0.05) is 60.7 Å². The molecule has 0 saturated carbocycles. The van der Waals surface area contributed by atoms with Gasteiger partial charge in [0.2, 0.25) is 5.91 Å². The predicted octanol–water partition coefficient (Wildman–Crippen LogP) is 4.98. The number of hydrogen-bond acceptors (Lipinski definition) is 4. The van der Waals surface area contributed by atoms with E-state index >= 15 is 0 Å². The van der Waals surface area contributed by atoms with Crippen LogP contribution in [0.15, 0.2) is 94.9 Å². The molecule has 3 aromatic carbocycles. The molecule has 7 heteroatoms. The molecule has 31 heavy (non-hydrogen) atoms. The van der Waals surface area contributed by atoms with Crippen molar-refractivity contribution in [1.82, 2.24) is 4.57 Å². The van der Waals surface area contributed by atoms with Gasteiger partial charge in [0.1, 0.15) is 6.54 Å². The topological polar surface area (TPSA) is 68.2 Å². The van der Waals surface area contributed by atoms with E-state index in [9.17, 15) is 13.2 Å². The van der Waals surface area contributed by atoms with Crippen LogP contribution >= 0.6 is 11.8 Å². The summed E-state index contributed by atoms with van der Waals surface area (Å²) in [5.41, 5.74) is 2.18. The molecule has 1 amide bonds. The molecule has 158 valence electrons. The summed E-state index contributed by atoms with van der Waals surface area (Å²) in [7, 11) is -3.58. The molecule has 4 rings (SSSR count). The van der Waals surface area contributed by atoms with Crippen molar-refractivity contribution in [3.05, 3.63) is 90.6 Å². The summed E-state index contributed by atoms with van der Waals surface area (Å²) in [5, 5.41) is 3.55. The van der Waals surface area contributed by atoms with Crippen LogP contribution in [0.25, 0.3) is 10.9 Å². The smallest absolute Gasteiger partial charge is 0.244 e. The van der Waals surface area contributed by atoms with Crippen molar-refractivity contribution < 1.29 is 13.2 Å². The minimum absolute atomic E-state index is 0.0179. The van der Waals surface area contributed by atoms with Crippen LogP contribution in [0.3, 0.4) is 0 Å². The Balaban J connectivity index is 1.64. The molecule has 1 aromatic heterocycles. The van der Waals surface area contributed by atoms with Gasteiger partial charge in [0.25, 0.3) is 0 Å². The Kier molecular flexibility index (Phi) is 6.15. The number of aromatic nitrogens is 1. The van der Waals surface area contributed by atoms with Crippen LogP contribution in [0.1, 0.15) is 5.56 Å². The number of rotatable bonds is 7. The minimum atomic E-state index is -3.58. The summed E-state index contributed by atoms with van der Waals surface area (Å²) in [6.07, 6.45) is 3.53. The standard InChI is InChI=1S/C24H22N2O3S2/c1-30-22-14-8-6-12-20(22)25-24(27)16-26-15-23(19-11-5-7-13-21(19)26)31(28,29)17-18-9-3-2-4-10-18/h2-15H,16-17H2,1H3,(H,25,27). The molecule has 0 atom stereocenters. The molecule has 1 N–H and O–H groups in total. The van der Waals surface area contributed by atoms with Crippen molar-refractivity contribution in [2.75, 3.05) is 11.6 Å². The average Bonchev–Trinajstić information content (AvgIpc) is 3.14. The Labute approximate surface area is 186 Å². The second kappa shape index (κ2) is 8.99. The van der Waals surface area contributed by atoms with E-state index in [0.717, 1.165) is 16.1 Å². The first-order chi connectivity index (χ1) is 15.0. The second-order valence-corrected chi connectivity index (χ2v) is 9.94. The highest BCUT2D eigenvalue weighted by Crippen LogP contribution is 2.29. The van der Waals surface area contributed by atoms with Gasteiger partial charge < -0.3 is 9.88 Å². The van der Waals surface area contributed by atoms with E-state index in [4.69, 9.17) is 0 Å². The van der Waals surface area contributed by atoms with Crippen LogP contribution in [0, 0.1) is 0 Å². The molecule has 0 unspecified atom stereocenters. The Bertz CT molecular complexity index is 1330. The highest BCUT2D eigenvalue weighted by Gasteiger charge is 2.22. The minimum Gasteiger partial charge on any atom is -0.337 e. The van der Waals surface area contributed by atoms with Crippen molar-refractivity contribution in [2.24, 2.45) is 0 Å². The maximum absolute atomic E-state index is 13.2. The van der Waals surface area contributed by atoms with Crippen LogP contribution in [0.2, 0.25) is 0 Å². The average molecular weight is 451 g/mol. The van der Waals surface area contributed by atoms with Gasteiger partial charge in [-0.2, -0.15) is 0 Å². The number of hydrogen-bond donors (Lipinski definition) is 1. The van der Waals surface area contributed by atoms with E-state index in [1.165, 1.54) is 0 Å². The molecular formula is C24H22N2O3S2. The second-order valence-electron chi connectivity index (χ2n) is 7.13. The largest absolute Gasteiger partial charge is 0.337 e. The van der Waals surface area contributed by atoms with Crippen molar-refractivity contribution in [3.63, 3.8) is 0 Å². The van der Waals surface area contributed by atoms with E-state index < -0.39 is 9.84 Å². The Morgan fingerprint density at radius 1 is 0.935 bits per heavy atom. The zero-order chi connectivity index (χ0) is 21.8. The summed E-state index contributed by atoms with van der Waals surface area (Å²) in [4.78, 5) is 14.0. The van der Waals surface area contributed by atoms with E-state index in [1.54, 1.807) is 40.7 Å². The lowest BCUT2D eigenvalue weighted by atomic mass is 10.2. The molecule has 0 bridgehead atoms. The number of thioether (sulfide) groups is 1. The highest BCUT2D eigenvalue weighted by molar-refractivity contribution is 7.98. The van der Waals surface area contributed by atoms with E-state index in [2.05, 4.69) is 5.32 Å².